The number of nitrogens with one attached hydrogen (secondary N) is 1. The standard InChI is InChI=1S/C29H34N6O5/c1-28(2,3)34(27(36)37)29(14-5-15-29)20-8-10-21(11-9-20)30-26-24(35(38)39)13-12-23(32-26)22-6-4-7-25(31-22)33-16-18-40-19-17-33/h4,6-13H,5,14-19H2,1-3H3,(H,30,32)(H,36,37). The number of morpholine rings is 1. The summed E-state index contributed by atoms with van der Waals surface area (Å²) in [7, 11) is 0. The van der Waals surface area contributed by atoms with Gasteiger partial charge in [0.25, 0.3) is 0 Å². The van der Waals surface area contributed by atoms with Gasteiger partial charge in [-0.15, -0.1) is 0 Å². The largest absolute Gasteiger partial charge is 0.465 e. The molecule has 3 aromatic rings. The third kappa shape index (κ3) is 5.29. The molecule has 0 unspecified atom stereocenters. The van der Waals surface area contributed by atoms with E-state index < -0.39 is 22.1 Å². The van der Waals surface area contributed by atoms with Gasteiger partial charge < -0.3 is 20.1 Å². The molecule has 11 nitrogen and oxygen atoms in total. The maximum Gasteiger partial charge on any atom is 0.408 e. The maximum atomic E-state index is 12.3. The van der Waals surface area contributed by atoms with Crippen LogP contribution in [-0.2, 0) is 10.3 Å². The van der Waals surface area contributed by atoms with Gasteiger partial charge in [0, 0.05) is 30.4 Å². The Morgan fingerprint density at radius 2 is 1.73 bits per heavy atom. The molecular weight excluding hydrogens is 512 g/mol. The molecule has 1 aromatic carbocycles. The van der Waals surface area contributed by atoms with Crippen LogP contribution in [0.15, 0.2) is 54.6 Å². The van der Waals surface area contributed by atoms with Crippen molar-refractivity contribution in [2.24, 2.45) is 0 Å². The van der Waals surface area contributed by atoms with E-state index in [2.05, 4.69) is 15.2 Å². The molecule has 0 radical (unpaired) electrons. The number of nitrogens with zero attached hydrogens (tertiary/aromatic N) is 5. The van der Waals surface area contributed by atoms with Crippen molar-refractivity contribution in [3.05, 3.63) is 70.3 Å². The van der Waals surface area contributed by atoms with Crippen LogP contribution >= 0.6 is 0 Å². The summed E-state index contributed by atoms with van der Waals surface area (Å²) in [5.41, 5.74) is 1.32. The fourth-order valence-electron chi connectivity index (χ4n) is 5.63. The van der Waals surface area contributed by atoms with Crippen LogP contribution in [0.1, 0.15) is 45.6 Å². The van der Waals surface area contributed by atoms with E-state index in [1.807, 2.05) is 63.2 Å². The Hall–Kier alpha value is -4.25. The number of hydrogen-bond donors (Lipinski definition) is 2. The lowest BCUT2D eigenvalue weighted by molar-refractivity contribution is -0.384. The fraction of sp³-hybridized carbons (Fsp3) is 0.414. The molecular formula is C29H34N6O5. The Labute approximate surface area is 233 Å². The Balaban J connectivity index is 1.43. The summed E-state index contributed by atoms with van der Waals surface area (Å²) < 4.78 is 5.43. The molecule has 2 aliphatic rings. The van der Waals surface area contributed by atoms with Crippen LogP contribution in [0.25, 0.3) is 11.4 Å². The number of aromatic nitrogens is 2. The molecule has 40 heavy (non-hydrogen) atoms. The highest BCUT2D eigenvalue weighted by atomic mass is 16.6. The molecule has 1 aliphatic carbocycles. The van der Waals surface area contributed by atoms with Gasteiger partial charge in [-0.2, -0.15) is 0 Å². The van der Waals surface area contributed by atoms with E-state index in [0.29, 0.717) is 30.3 Å². The summed E-state index contributed by atoms with van der Waals surface area (Å²) in [6.07, 6.45) is 1.49. The lowest BCUT2D eigenvalue weighted by Gasteiger charge is -2.54. The summed E-state index contributed by atoms with van der Waals surface area (Å²) in [4.78, 5) is 36.6. The second kappa shape index (κ2) is 10.7. The van der Waals surface area contributed by atoms with Crippen molar-refractivity contribution in [1.29, 1.82) is 0 Å². The van der Waals surface area contributed by atoms with E-state index in [9.17, 15) is 20.0 Å². The molecule has 2 fully saturated rings. The normalized spacial score (nSPS) is 16.6. The van der Waals surface area contributed by atoms with Crippen molar-refractivity contribution in [3.8, 4) is 11.4 Å². The lowest BCUT2D eigenvalue weighted by Crippen LogP contribution is -2.60. The predicted molar refractivity (Wildman–Crippen MR) is 152 cm³/mol. The highest BCUT2D eigenvalue weighted by Crippen LogP contribution is 2.49. The van der Waals surface area contributed by atoms with Crippen molar-refractivity contribution in [3.63, 3.8) is 0 Å². The van der Waals surface area contributed by atoms with Crippen LogP contribution in [0.3, 0.4) is 0 Å². The first-order chi connectivity index (χ1) is 19.1. The van der Waals surface area contributed by atoms with Gasteiger partial charge in [0.05, 0.1) is 35.1 Å². The highest BCUT2D eigenvalue weighted by molar-refractivity contribution is 5.71. The minimum atomic E-state index is -0.947. The second-order valence-corrected chi connectivity index (χ2v) is 11.2. The SMILES string of the molecule is CC(C)(C)N(C(=O)O)C1(c2ccc(Nc3nc(-c4cccc(N5CCOCC5)n4)ccc3[N+](=O)[O-])cc2)CCC1. The average Bonchev–Trinajstić information content (AvgIpc) is 2.90. The summed E-state index contributed by atoms with van der Waals surface area (Å²) in [6.45, 7) is 8.48. The molecule has 5 rings (SSSR count). The Morgan fingerprint density at radius 1 is 1.05 bits per heavy atom. The third-order valence-corrected chi connectivity index (χ3v) is 7.56. The third-order valence-electron chi connectivity index (χ3n) is 7.56. The Morgan fingerprint density at radius 3 is 2.30 bits per heavy atom. The molecule has 1 saturated carbocycles. The van der Waals surface area contributed by atoms with Crippen LogP contribution in [0.5, 0.6) is 0 Å². The first-order valence-electron chi connectivity index (χ1n) is 13.4. The van der Waals surface area contributed by atoms with Gasteiger partial charge >= 0.3 is 11.8 Å². The molecule has 0 atom stereocenters. The van der Waals surface area contributed by atoms with Crippen molar-refractivity contribution in [2.75, 3.05) is 36.5 Å². The molecule has 0 bridgehead atoms. The van der Waals surface area contributed by atoms with Crippen molar-refractivity contribution in [1.82, 2.24) is 14.9 Å². The molecule has 1 amide bonds. The monoisotopic (exact) mass is 546 g/mol. The maximum absolute atomic E-state index is 12.3. The van der Waals surface area contributed by atoms with Gasteiger partial charge in [-0.05, 0) is 75.9 Å². The molecule has 2 N–H and O–H groups in total. The first-order valence-corrected chi connectivity index (χ1v) is 13.4. The number of ether oxygens (including phenoxy) is 1. The summed E-state index contributed by atoms with van der Waals surface area (Å²) in [5.74, 6) is 0.913. The van der Waals surface area contributed by atoms with Crippen LogP contribution in [0.4, 0.5) is 27.8 Å². The van der Waals surface area contributed by atoms with E-state index in [-0.39, 0.29) is 11.5 Å². The fourth-order valence-corrected chi connectivity index (χ4v) is 5.63. The van der Waals surface area contributed by atoms with Gasteiger partial charge in [-0.3, -0.25) is 15.0 Å². The lowest BCUT2D eigenvalue weighted by atomic mass is 9.69. The van der Waals surface area contributed by atoms with E-state index in [1.54, 1.807) is 11.0 Å². The number of nitro groups is 1. The molecule has 210 valence electrons. The minimum absolute atomic E-state index is 0.106. The highest BCUT2D eigenvalue weighted by Gasteiger charge is 2.50. The van der Waals surface area contributed by atoms with Gasteiger partial charge in [-0.1, -0.05) is 18.2 Å². The number of pyridine rings is 2. The number of carboxylic acid groups (broad SMARTS) is 1. The van der Waals surface area contributed by atoms with E-state index >= 15 is 0 Å². The van der Waals surface area contributed by atoms with Crippen molar-refractivity contribution >= 4 is 29.1 Å². The van der Waals surface area contributed by atoms with E-state index in [0.717, 1.165) is 43.7 Å². The second-order valence-electron chi connectivity index (χ2n) is 11.2. The van der Waals surface area contributed by atoms with Gasteiger partial charge in [0.15, 0.2) is 0 Å². The zero-order valence-corrected chi connectivity index (χ0v) is 23.0. The minimum Gasteiger partial charge on any atom is -0.465 e. The first kappa shape index (κ1) is 27.3. The smallest absolute Gasteiger partial charge is 0.408 e. The van der Waals surface area contributed by atoms with Crippen molar-refractivity contribution in [2.45, 2.75) is 51.1 Å². The molecule has 0 spiro atoms. The number of amides is 1. The number of benzene rings is 1. The summed E-state index contributed by atoms with van der Waals surface area (Å²) >= 11 is 0. The molecule has 1 aliphatic heterocycles. The van der Waals surface area contributed by atoms with Gasteiger partial charge in [0.1, 0.15) is 5.82 Å². The zero-order valence-electron chi connectivity index (χ0n) is 23.0. The van der Waals surface area contributed by atoms with Gasteiger partial charge in [-0.25, -0.2) is 14.8 Å². The Kier molecular flexibility index (Phi) is 7.33. The number of carbonyl (C=O) groups is 1. The molecule has 3 heterocycles. The van der Waals surface area contributed by atoms with E-state index in [1.165, 1.54) is 6.07 Å². The van der Waals surface area contributed by atoms with Crippen LogP contribution < -0.4 is 10.2 Å². The number of hydrogen-bond acceptors (Lipinski definition) is 8. The molecule has 2 aromatic heterocycles. The average molecular weight is 547 g/mol. The van der Waals surface area contributed by atoms with Crippen LogP contribution in [-0.4, -0.2) is 62.8 Å². The molecule has 11 heteroatoms. The van der Waals surface area contributed by atoms with Crippen LogP contribution in [0.2, 0.25) is 0 Å². The number of anilines is 3. The van der Waals surface area contributed by atoms with E-state index in [4.69, 9.17) is 9.72 Å². The number of rotatable bonds is 7. The Bertz CT molecular complexity index is 1390. The zero-order chi connectivity index (χ0) is 28.5. The molecule has 1 saturated heterocycles. The van der Waals surface area contributed by atoms with Crippen LogP contribution in [0, 0.1) is 10.1 Å². The van der Waals surface area contributed by atoms with Gasteiger partial charge in [0.2, 0.25) is 5.82 Å². The van der Waals surface area contributed by atoms with Crippen molar-refractivity contribution < 1.29 is 19.6 Å². The summed E-state index contributed by atoms with van der Waals surface area (Å²) in [5, 5.41) is 25.0. The topological polar surface area (TPSA) is 134 Å². The quantitative estimate of drug-likeness (QED) is 0.279. The summed E-state index contributed by atoms with van der Waals surface area (Å²) in [6, 6.07) is 16.1. The predicted octanol–water partition coefficient (Wildman–Crippen LogP) is 5.79.